The summed E-state index contributed by atoms with van der Waals surface area (Å²) in [5.41, 5.74) is 2.17. The van der Waals surface area contributed by atoms with Crippen molar-refractivity contribution < 1.29 is 24.2 Å². The molecule has 0 bridgehead atoms. The van der Waals surface area contributed by atoms with E-state index in [4.69, 9.17) is 26.2 Å². The highest BCUT2D eigenvalue weighted by Gasteiger charge is 2.24. The predicted octanol–water partition coefficient (Wildman–Crippen LogP) is 4.77. The molecule has 2 aromatic carbocycles. The van der Waals surface area contributed by atoms with Crippen LogP contribution in [0.25, 0.3) is 6.08 Å². The number of hydrogen-bond donors (Lipinski definition) is 2. The maximum Gasteiger partial charge on any atom is 0.341 e. The minimum absolute atomic E-state index is 0.268. The first-order chi connectivity index (χ1) is 14.3. The second-order valence-electron chi connectivity index (χ2n) is 6.08. The van der Waals surface area contributed by atoms with Crippen molar-refractivity contribution in [3.63, 3.8) is 0 Å². The highest BCUT2D eigenvalue weighted by Crippen LogP contribution is 2.38. The largest absolute Gasteiger partial charge is 0.493 e. The van der Waals surface area contributed by atoms with Gasteiger partial charge >= 0.3 is 5.97 Å². The minimum atomic E-state index is -1.10. The summed E-state index contributed by atoms with van der Waals surface area (Å²) in [6.45, 7) is 1.36. The molecule has 0 aromatic heterocycles. The summed E-state index contributed by atoms with van der Waals surface area (Å²) in [6.07, 6.45) is 1.68. The van der Waals surface area contributed by atoms with Gasteiger partial charge in [0.05, 0.1) is 22.2 Å². The number of methoxy groups -OCH3 is 1. The van der Waals surface area contributed by atoms with Crippen molar-refractivity contribution in [2.24, 2.45) is 4.99 Å². The molecule has 30 heavy (non-hydrogen) atoms. The number of rotatable bonds is 6. The molecule has 1 saturated heterocycles. The van der Waals surface area contributed by atoms with Crippen LogP contribution in [0.4, 0.5) is 5.69 Å². The molecule has 156 valence electrons. The van der Waals surface area contributed by atoms with Gasteiger partial charge in [0.2, 0.25) is 0 Å². The Morgan fingerprint density at radius 1 is 1.40 bits per heavy atom. The molecule has 2 aromatic rings. The molecule has 0 aliphatic carbocycles. The lowest BCUT2D eigenvalue weighted by Gasteiger charge is -2.12. The number of carboxylic acids is 1. The van der Waals surface area contributed by atoms with Crippen LogP contribution in [-0.4, -0.2) is 35.9 Å². The van der Waals surface area contributed by atoms with E-state index in [1.165, 1.54) is 18.9 Å². The number of carboxylic acid groups (broad SMARTS) is 1. The lowest BCUT2D eigenvalue weighted by molar-refractivity contribution is -0.139. The molecule has 1 fully saturated rings. The number of amidine groups is 1. The number of benzene rings is 2. The van der Waals surface area contributed by atoms with Crippen molar-refractivity contribution in [3.05, 3.63) is 55.9 Å². The molecule has 0 spiro atoms. The fourth-order valence-electron chi connectivity index (χ4n) is 2.56. The Kier molecular flexibility index (Phi) is 7.06. The van der Waals surface area contributed by atoms with Gasteiger partial charge in [-0.2, -0.15) is 0 Å². The highest BCUT2D eigenvalue weighted by molar-refractivity contribution is 9.10. The van der Waals surface area contributed by atoms with Gasteiger partial charge in [-0.05, 0) is 76.1 Å². The number of ether oxygens (including phenoxy) is 2. The third-order valence-electron chi connectivity index (χ3n) is 4.00. The fourth-order valence-corrected chi connectivity index (χ4v) is 4.13. The quantitative estimate of drug-likeness (QED) is 0.542. The molecule has 10 heteroatoms. The minimum Gasteiger partial charge on any atom is -0.493 e. The van der Waals surface area contributed by atoms with E-state index in [1.807, 2.05) is 13.0 Å². The van der Waals surface area contributed by atoms with Crippen LogP contribution in [0, 0.1) is 6.92 Å². The summed E-state index contributed by atoms with van der Waals surface area (Å²) >= 11 is 10.7. The van der Waals surface area contributed by atoms with Crippen molar-refractivity contribution in [2.45, 2.75) is 6.92 Å². The van der Waals surface area contributed by atoms with E-state index in [0.29, 0.717) is 36.6 Å². The number of nitrogens with one attached hydrogen (secondary N) is 1. The van der Waals surface area contributed by atoms with E-state index in [2.05, 4.69) is 26.2 Å². The van der Waals surface area contributed by atoms with Crippen LogP contribution in [0.5, 0.6) is 11.5 Å². The monoisotopic (exact) mass is 510 g/mol. The summed E-state index contributed by atoms with van der Waals surface area (Å²) in [5.74, 6) is -0.774. The lowest BCUT2D eigenvalue weighted by atomic mass is 10.2. The molecule has 3 rings (SSSR count). The fraction of sp³-hybridized carbons (Fsp3) is 0.150. The van der Waals surface area contributed by atoms with Gasteiger partial charge in [0.25, 0.3) is 5.91 Å². The third-order valence-corrected chi connectivity index (χ3v) is 5.91. The Balaban J connectivity index is 1.87. The summed E-state index contributed by atoms with van der Waals surface area (Å²) in [4.78, 5) is 28.1. The summed E-state index contributed by atoms with van der Waals surface area (Å²) in [5, 5.41) is 12.6. The molecule has 2 N–H and O–H groups in total. The molecule has 0 unspecified atom stereocenters. The number of aliphatic imine (C=N–C) groups is 1. The highest BCUT2D eigenvalue weighted by atomic mass is 79.9. The zero-order valence-corrected chi connectivity index (χ0v) is 19.0. The van der Waals surface area contributed by atoms with Crippen molar-refractivity contribution in [1.82, 2.24) is 5.32 Å². The van der Waals surface area contributed by atoms with Crippen LogP contribution in [0.1, 0.15) is 11.1 Å². The molecule has 1 heterocycles. The molecule has 1 aliphatic rings. The van der Waals surface area contributed by atoms with E-state index in [9.17, 15) is 9.59 Å². The standard InChI is InChI=1S/C20H16BrClN2O5S/c1-10-13(22)4-3-5-14(10)23-20-24-19(27)16(30-20)8-11-6-12(21)18(15(7-11)28-2)29-9-17(25)26/h3-8H,9H2,1-2H3,(H,25,26)(H,23,24,27)/b16-8+. The lowest BCUT2D eigenvalue weighted by Crippen LogP contribution is -2.19. The Morgan fingerprint density at radius 3 is 2.87 bits per heavy atom. The predicted molar refractivity (Wildman–Crippen MR) is 121 cm³/mol. The molecular formula is C20H16BrClN2O5S. The van der Waals surface area contributed by atoms with Gasteiger partial charge in [-0.3, -0.25) is 4.79 Å². The summed E-state index contributed by atoms with van der Waals surface area (Å²) in [6, 6.07) is 8.75. The maximum absolute atomic E-state index is 12.4. The van der Waals surface area contributed by atoms with E-state index >= 15 is 0 Å². The number of hydrogen-bond acceptors (Lipinski definition) is 6. The van der Waals surface area contributed by atoms with Gasteiger partial charge in [0.1, 0.15) is 0 Å². The van der Waals surface area contributed by atoms with E-state index in [1.54, 1.807) is 30.3 Å². The number of halogens is 2. The number of thioether (sulfide) groups is 1. The van der Waals surface area contributed by atoms with Gasteiger partial charge in [-0.1, -0.05) is 17.7 Å². The van der Waals surface area contributed by atoms with Crippen molar-refractivity contribution >= 4 is 68.1 Å². The van der Waals surface area contributed by atoms with Crippen molar-refractivity contribution in [3.8, 4) is 11.5 Å². The van der Waals surface area contributed by atoms with Gasteiger partial charge < -0.3 is 19.9 Å². The second-order valence-corrected chi connectivity index (χ2v) is 8.37. The van der Waals surface area contributed by atoms with Crippen molar-refractivity contribution in [1.29, 1.82) is 0 Å². The van der Waals surface area contributed by atoms with E-state index in [-0.39, 0.29) is 11.7 Å². The number of nitrogens with zero attached hydrogens (tertiary/aromatic N) is 1. The number of carbonyl (C=O) groups excluding carboxylic acids is 1. The molecule has 0 radical (unpaired) electrons. The van der Waals surface area contributed by atoms with Gasteiger partial charge in [0, 0.05) is 5.02 Å². The zero-order chi connectivity index (χ0) is 21.8. The smallest absolute Gasteiger partial charge is 0.341 e. The summed E-state index contributed by atoms with van der Waals surface area (Å²) < 4.78 is 11.1. The normalized spacial score (nSPS) is 16.1. The van der Waals surface area contributed by atoms with Gasteiger partial charge in [-0.15, -0.1) is 0 Å². The number of carbonyl (C=O) groups is 2. The molecular weight excluding hydrogens is 496 g/mol. The number of aliphatic carboxylic acids is 1. The van der Waals surface area contributed by atoms with E-state index in [0.717, 1.165) is 5.56 Å². The Bertz CT molecular complexity index is 1090. The third kappa shape index (κ3) is 5.16. The molecule has 1 aliphatic heterocycles. The molecule has 0 saturated carbocycles. The van der Waals surface area contributed by atoms with E-state index < -0.39 is 12.6 Å². The Labute approximate surface area is 190 Å². The van der Waals surface area contributed by atoms with Crippen LogP contribution >= 0.6 is 39.3 Å². The van der Waals surface area contributed by atoms with Crippen LogP contribution in [0.2, 0.25) is 5.02 Å². The average molecular weight is 512 g/mol. The van der Waals surface area contributed by atoms with Crippen LogP contribution in [-0.2, 0) is 9.59 Å². The van der Waals surface area contributed by atoms with Crippen molar-refractivity contribution in [2.75, 3.05) is 13.7 Å². The molecule has 1 amide bonds. The van der Waals surface area contributed by atoms with Crippen LogP contribution in [0.15, 0.2) is 44.7 Å². The topological polar surface area (TPSA) is 97.2 Å². The first-order valence-electron chi connectivity index (χ1n) is 8.55. The van der Waals surface area contributed by atoms with Crippen LogP contribution < -0.4 is 14.8 Å². The Hall–Kier alpha value is -2.49. The SMILES string of the molecule is COc1cc(/C=C2/SC(=Nc3cccc(Cl)c3C)NC2=O)cc(Br)c1OCC(=O)O. The zero-order valence-electron chi connectivity index (χ0n) is 15.9. The molecule has 7 nitrogen and oxygen atoms in total. The second kappa shape index (κ2) is 9.55. The first kappa shape index (κ1) is 22.2. The number of amides is 1. The Morgan fingerprint density at radius 2 is 2.17 bits per heavy atom. The maximum atomic E-state index is 12.4. The van der Waals surface area contributed by atoms with Gasteiger partial charge in [0.15, 0.2) is 23.3 Å². The average Bonchev–Trinajstić information content (AvgIpc) is 3.03. The van der Waals surface area contributed by atoms with Crippen LogP contribution in [0.3, 0.4) is 0 Å². The summed E-state index contributed by atoms with van der Waals surface area (Å²) in [7, 11) is 1.45. The first-order valence-corrected chi connectivity index (χ1v) is 10.5. The van der Waals surface area contributed by atoms with Gasteiger partial charge in [-0.25, -0.2) is 9.79 Å². The molecule has 0 atom stereocenters.